The van der Waals surface area contributed by atoms with E-state index in [4.69, 9.17) is 11.5 Å². The third-order valence-electron chi connectivity index (χ3n) is 12.9. The third kappa shape index (κ3) is 11.2. The number of amides is 7. The summed E-state index contributed by atoms with van der Waals surface area (Å²) in [6.45, 7) is 0.701. The third-order valence-corrected chi connectivity index (χ3v) is 12.9. The molecule has 65 heavy (non-hydrogen) atoms. The monoisotopic (exact) mass is 886 g/mol. The van der Waals surface area contributed by atoms with Gasteiger partial charge in [0, 0.05) is 62.5 Å². The molecule has 4 heterocycles. The second-order valence-corrected chi connectivity index (χ2v) is 17.3. The van der Waals surface area contributed by atoms with E-state index >= 15 is 0 Å². The molecule has 8 N–H and O–H groups in total. The fraction of sp³-hybridized carbons (Fsp3) is 0.449. The van der Waals surface area contributed by atoms with Crippen molar-refractivity contribution in [1.82, 2.24) is 30.7 Å². The van der Waals surface area contributed by atoms with Crippen molar-refractivity contribution in [2.75, 3.05) is 13.1 Å². The lowest BCUT2D eigenvalue weighted by atomic mass is 9.98. The number of aliphatic hydroxyl groups excluding tert-OH is 1. The highest BCUT2D eigenvalue weighted by atomic mass is 16.3. The van der Waals surface area contributed by atoms with Gasteiger partial charge in [0.05, 0.1) is 12.1 Å². The van der Waals surface area contributed by atoms with Gasteiger partial charge < -0.3 is 47.2 Å². The average molecular weight is 887 g/mol. The van der Waals surface area contributed by atoms with E-state index in [1.54, 1.807) is 21.9 Å². The number of hydrogen-bond donors (Lipinski definition) is 6. The first-order chi connectivity index (χ1) is 31.4. The second kappa shape index (κ2) is 21.4. The fourth-order valence-electron chi connectivity index (χ4n) is 9.42. The van der Waals surface area contributed by atoms with Crippen molar-refractivity contribution in [2.45, 2.75) is 126 Å². The molecule has 16 heteroatoms. The van der Waals surface area contributed by atoms with Crippen LogP contribution in [-0.4, -0.2) is 111 Å². The number of benzene rings is 3. The molecule has 0 bridgehead atoms. The van der Waals surface area contributed by atoms with Gasteiger partial charge in [0.2, 0.25) is 35.4 Å². The van der Waals surface area contributed by atoms with E-state index in [-0.39, 0.29) is 56.0 Å². The summed E-state index contributed by atoms with van der Waals surface area (Å²) in [5.74, 6) is 3.82. The van der Waals surface area contributed by atoms with E-state index in [1.165, 1.54) is 4.90 Å². The van der Waals surface area contributed by atoms with Gasteiger partial charge in [0.1, 0.15) is 24.4 Å². The van der Waals surface area contributed by atoms with Crippen LogP contribution in [0.5, 0.6) is 0 Å². The van der Waals surface area contributed by atoms with Crippen molar-refractivity contribution in [3.8, 4) is 11.8 Å². The van der Waals surface area contributed by atoms with Crippen molar-refractivity contribution in [3.63, 3.8) is 0 Å². The van der Waals surface area contributed by atoms with Crippen LogP contribution in [0.2, 0.25) is 0 Å². The molecular formula is C49H58N8O8. The van der Waals surface area contributed by atoms with Gasteiger partial charge in [0.25, 0.3) is 5.91 Å². The predicted molar refractivity (Wildman–Crippen MR) is 240 cm³/mol. The van der Waals surface area contributed by atoms with Crippen molar-refractivity contribution >= 4 is 41.4 Å². The molecule has 2 unspecified atom stereocenters. The molecule has 4 aliphatic rings. The largest absolute Gasteiger partial charge is 0.372 e. The maximum Gasteiger partial charge on any atom is 0.254 e. The Morgan fingerprint density at radius 3 is 2.26 bits per heavy atom. The van der Waals surface area contributed by atoms with E-state index < -0.39 is 60.1 Å². The number of nitrogens with zero attached hydrogens (tertiary/aromatic N) is 3. The first-order valence-corrected chi connectivity index (χ1v) is 22.6. The molecule has 0 radical (unpaired) electrons. The Morgan fingerprint density at radius 2 is 1.57 bits per heavy atom. The number of fused-ring (bicyclic) bond motifs is 2. The number of carbonyl (C=O) groups excluding carboxylic acids is 7. The van der Waals surface area contributed by atoms with Crippen LogP contribution in [0.25, 0.3) is 0 Å². The summed E-state index contributed by atoms with van der Waals surface area (Å²) >= 11 is 0. The molecule has 0 spiro atoms. The van der Waals surface area contributed by atoms with Gasteiger partial charge in [0.15, 0.2) is 0 Å². The summed E-state index contributed by atoms with van der Waals surface area (Å²) < 4.78 is 0. The van der Waals surface area contributed by atoms with Gasteiger partial charge in [-0.2, -0.15) is 0 Å². The summed E-state index contributed by atoms with van der Waals surface area (Å²) in [4.78, 5) is 96.7. The SMILES string of the molecule is NC(=O)CC[C@H](NC(=O)[C@@H]1CC[C@@H]2CCN(C(=O)CCCCCC#Cc3cccc4c3CN(C3CCC(=O)NC3O)C4=O)C[C@H](N)C(=O)N21)C(=O)NC(c1ccccc1)c1ccccc1. The molecule has 7 amide bonds. The molecule has 7 rings (SSSR count). The van der Waals surface area contributed by atoms with E-state index in [0.717, 1.165) is 35.1 Å². The number of unbranched alkanes of at least 4 members (excludes halogenated alkanes) is 3. The number of piperidine rings is 1. The summed E-state index contributed by atoms with van der Waals surface area (Å²) in [5.41, 5.74) is 15.7. The van der Waals surface area contributed by atoms with Gasteiger partial charge in [-0.1, -0.05) is 85.0 Å². The number of nitrogens with two attached hydrogens (primary N) is 2. The Hall–Kier alpha value is -6.57. The molecule has 16 nitrogen and oxygen atoms in total. The van der Waals surface area contributed by atoms with E-state index in [9.17, 15) is 38.7 Å². The number of carbonyl (C=O) groups is 7. The Balaban J connectivity index is 0.890. The maximum absolute atomic E-state index is 14.0. The minimum absolute atomic E-state index is 0.0143. The van der Waals surface area contributed by atoms with Crippen LogP contribution in [-0.2, 0) is 35.3 Å². The Kier molecular flexibility index (Phi) is 15.3. The molecule has 0 aromatic heterocycles. The molecule has 3 saturated heterocycles. The molecule has 3 aromatic rings. The van der Waals surface area contributed by atoms with Gasteiger partial charge in [-0.05, 0) is 73.8 Å². The topological polar surface area (TPSA) is 238 Å². The van der Waals surface area contributed by atoms with Gasteiger partial charge in [-0.25, -0.2) is 0 Å². The minimum Gasteiger partial charge on any atom is -0.372 e. The van der Waals surface area contributed by atoms with Crippen LogP contribution in [0, 0.1) is 11.8 Å². The van der Waals surface area contributed by atoms with Crippen molar-refractivity contribution in [1.29, 1.82) is 0 Å². The summed E-state index contributed by atoms with van der Waals surface area (Å²) in [7, 11) is 0. The number of aliphatic hydroxyl groups is 1. The standard InChI is InChI=1S/C49H58N8O8/c50-37-30-55(43(60)20-11-3-1-2-6-13-31-18-12-19-35-36(31)29-56(48(35)64)39-24-26-42(59)53-46(39)62)28-27-34-21-23-40(57(34)49(37)65)47(63)52-38(22-25-41(51)58)45(61)54-44(32-14-7-4-8-15-32)33-16-9-5-10-17-33/h4-5,7-10,12,14-19,34,37-40,44,46,62H,1-3,11,20-30,50H2,(H2,51,58)(H,52,63)(H,53,59)(H,54,61)/t34-,37+,38+,39?,40+,46?/m1/s1. The van der Waals surface area contributed by atoms with Gasteiger partial charge in [-0.3, -0.25) is 33.6 Å². The van der Waals surface area contributed by atoms with Crippen LogP contribution in [0.3, 0.4) is 0 Å². The van der Waals surface area contributed by atoms with Crippen molar-refractivity contribution in [3.05, 3.63) is 107 Å². The predicted octanol–water partition coefficient (Wildman–Crippen LogP) is 2.12. The zero-order valence-corrected chi connectivity index (χ0v) is 36.5. The van der Waals surface area contributed by atoms with Crippen molar-refractivity contribution in [2.24, 2.45) is 11.5 Å². The maximum atomic E-state index is 14.0. The van der Waals surface area contributed by atoms with E-state index in [2.05, 4.69) is 27.8 Å². The zero-order chi connectivity index (χ0) is 46.0. The molecule has 4 aliphatic heterocycles. The number of nitrogens with one attached hydrogen (secondary N) is 3. The molecule has 3 aromatic carbocycles. The molecule has 342 valence electrons. The summed E-state index contributed by atoms with van der Waals surface area (Å²) in [6, 6.07) is 19.8. The second-order valence-electron chi connectivity index (χ2n) is 17.3. The van der Waals surface area contributed by atoms with Crippen LogP contribution >= 0.6 is 0 Å². The number of primary amides is 1. The van der Waals surface area contributed by atoms with Crippen LogP contribution in [0.1, 0.15) is 116 Å². The lowest BCUT2D eigenvalue weighted by Gasteiger charge is -2.37. The molecular weight excluding hydrogens is 829 g/mol. The Bertz CT molecular complexity index is 2280. The van der Waals surface area contributed by atoms with Crippen molar-refractivity contribution < 1.29 is 38.7 Å². The van der Waals surface area contributed by atoms with Gasteiger partial charge >= 0.3 is 0 Å². The first-order valence-electron chi connectivity index (χ1n) is 22.6. The average Bonchev–Trinajstić information content (AvgIpc) is 3.88. The lowest BCUT2D eigenvalue weighted by molar-refractivity contribution is -0.145. The van der Waals surface area contributed by atoms with Crippen LogP contribution in [0.4, 0.5) is 0 Å². The fourth-order valence-corrected chi connectivity index (χ4v) is 9.42. The molecule has 3 fully saturated rings. The Morgan fingerprint density at radius 1 is 0.846 bits per heavy atom. The normalized spacial score (nSPS) is 22.2. The van der Waals surface area contributed by atoms with E-state index in [0.29, 0.717) is 57.2 Å². The lowest BCUT2D eigenvalue weighted by Crippen LogP contribution is -2.60. The molecule has 6 atom stereocenters. The first kappa shape index (κ1) is 46.4. The zero-order valence-electron chi connectivity index (χ0n) is 36.5. The highest BCUT2D eigenvalue weighted by molar-refractivity contribution is 5.99. The number of rotatable bonds is 15. The van der Waals surface area contributed by atoms with Crippen LogP contribution < -0.4 is 27.4 Å². The molecule has 0 aliphatic carbocycles. The highest BCUT2D eigenvalue weighted by Crippen LogP contribution is 2.32. The quantitative estimate of drug-likeness (QED) is 0.0967. The minimum atomic E-state index is -1.12. The van der Waals surface area contributed by atoms with Crippen LogP contribution in [0.15, 0.2) is 78.9 Å². The summed E-state index contributed by atoms with van der Waals surface area (Å²) in [6.07, 6.45) is 3.71. The van der Waals surface area contributed by atoms with E-state index in [1.807, 2.05) is 66.7 Å². The highest BCUT2D eigenvalue weighted by Gasteiger charge is 2.45. The smallest absolute Gasteiger partial charge is 0.254 e. The summed E-state index contributed by atoms with van der Waals surface area (Å²) in [5, 5.41) is 18.8. The van der Waals surface area contributed by atoms with Gasteiger partial charge in [-0.15, -0.1) is 0 Å². The molecule has 0 saturated carbocycles. The number of hydrogen-bond acceptors (Lipinski definition) is 9. The Labute approximate surface area is 378 Å².